The van der Waals surface area contributed by atoms with E-state index in [4.69, 9.17) is 27.7 Å². The van der Waals surface area contributed by atoms with E-state index < -0.39 is 27.8 Å². The van der Waals surface area contributed by atoms with Crippen molar-refractivity contribution >= 4 is 50.6 Å². The van der Waals surface area contributed by atoms with Gasteiger partial charge >= 0.3 is 0 Å². The molecular weight excluding hydrogens is 566 g/mol. The minimum atomic E-state index is -3.83. The molecule has 202 valence electrons. The van der Waals surface area contributed by atoms with Gasteiger partial charge in [0.15, 0.2) is 5.82 Å². The first-order valence-corrected chi connectivity index (χ1v) is 14.5. The summed E-state index contributed by atoms with van der Waals surface area (Å²) in [6.07, 6.45) is 2.34. The Morgan fingerprint density at radius 1 is 1.03 bits per heavy atom. The fraction of sp³-hybridized carbons (Fsp3) is 0.185. The predicted molar refractivity (Wildman–Crippen MR) is 148 cm³/mol. The van der Waals surface area contributed by atoms with Gasteiger partial charge in [-0.25, -0.2) is 12.8 Å². The molecule has 1 aromatic heterocycles. The molecule has 2 heterocycles. The highest BCUT2D eigenvalue weighted by Crippen LogP contribution is 2.37. The fourth-order valence-electron chi connectivity index (χ4n) is 4.72. The lowest BCUT2D eigenvalue weighted by Crippen LogP contribution is -2.61. The maximum absolute atomic E-state index is 14.6. The van der Waals surface area contributed by atoms with Crippen molar-refractivity contribution in [3.63, 3.8) is 0 Å². The van der Waals surface area contributed by atoms with Gasteiger partial charge in [0, 0.05) is 34.8 Å². The van der Waals surface area contributed by atoms with Crippen LogP contribution < -0.4 is 9.62 Å². The van der Waals surface area contributed by atoms with Crippen molar-refractivity contribution in [2.75, 3.05) is 29.0 Å². The normalized spacial score (nSPS) is 14.3. The van der Waals surface area contributed by atoms with Crippen LogP contribution in [0.4, 0.5) is 15.9 Å². The minimum absolute atomic E-state index is 0.0574. The van der Waals surface area contributed by atoms with Crippen LogP contribution in [0.2, 0.25) is 10.0 Å². The van der Waals surface area contributed by atoms with E-state index in [1.807, 2.05) is 24.3 Å². The van der Waals surface area contributed by atoms with Gasteiger partial charge in [0.25, 0.3) is 5.91 Å². The van der Waals surface area contributed by atoms with Crippen LogP contribution in [0.1, 0.15) is 27.5 Å². The van der Waals surface area contributed by atoms with E-state index >= 15 is 0 Å². The van der Waals surface area contributed by atoms with Crippen LogP contribution in [0.5, 0.6) is 0 Å². The first-order valence-electron chi connectivity index (χ1n) is 11.9. The highest BCUT2D eigenvalue weighted by molar-refractivity contribution is 7.92. The molecule has 5 rings (SSSR count). The number of nitrogens with zero attached hydrogens (tertiary/aromatic N) is 3. The van der Waals surface area contributed by atoms with Gasteiger partial charge in [-0.1, -0.05) is 52.6 Å². The second kappa shape index (κ2) is 11.0. The Labute approximate surface area is 235 Å². The maximum atomic E-state index is 14.6. The summed E-state index contributed by atoms with van der Waals surface area (Å²) in [6.45, 7) is 0.722. The zero-order chi connectivity index (χ0) is 27.7. The van der Waals surface area contributed by atoms with Gasteiger partial charge in [0.1, 0.15) is 12.1 Å². The topological polar surface area (TPSA) is 95.8 Å². The van der Waals surface area contributed by atoms with Gasteiger partial charge < -0.3 is 9.84 Å². The molecule has 0 atom stereocenters. The number of likely N-dealkylation sites (tertiary alicyclic amines) is 1. The quantitative estimate of drug-likeness (QED) is 0.287. The van der Waals surface area contributed by atoms with Gasteiger partial charge in [-0.3, -0.25) is 14.0 Å². The van der Waals surface area contributed by atoms with Crippen molar-refractivity contribution in [3.8, 4) is 0 Å². The lowest BCUT2D eigenvalue weighted by Gasteiger charge is -2.48. The smallest absolute Gasteiger partial charge is 0.257 e. The second-order valence-electron chi connectivity index (χ2n) is 9.21. The summed E-state index contributed by atoms with van der Waals surface area (Å²) in [4.78, 5) is 14.8. The Kier molecular flexibility index (Phi) is 7.64. The molecule has 0 radical (unpaired) electrons. The van der Waals surface area contributed by atoms with Crippen molar-refractivity contribution in [2.45, 2.75) is 12.1 Å². The number of nitrogens with one attached hydrogen (secondary N) is 1. The third kappa shape index (κ3) is 6.09. The van der Waals surface area contributed by atoms with E-state index in [0.717, 1.165) is 29.5 Å². The molecule has 12 heteroatoms. The van der Waals surface area contributed by atoms with E-state index in [1.165, 1.54) is 22.7 Å². The molecule has 0 saturated carbocycles. The summed E-state index contributed by atoms with van der Waals surface area (Å²) in [5.74, 6) is -1.25. The summed E-state index contributed by atoms with van der Waals surface area (Å²) in [7, 11) is -3.83. The molecule has 1 amide bonds. The molecule has 4 aromatic rings. The number of anilines is 2. The lowest BCUT2D eigenvalue weighted by molar-refractivity contribution is 0.102. The van der Waals surface area contributed by atoms with Crippen LogP contribution >= 0.6 is 23.2 Å². The Balaban J connectivity index is 1.43. The summed E-state index contributed by atoms with van der Waals surface area (Å²) in [5, 5.41) is 7.31. The van der Waals surface area contributed by atoms with Crippen molar-refractivity contribution in [3.05, 3.63) is 112 Å². The predicted octanol–water partition coefficient (Wildman–Crippen LogP) is 5.61. The molecular formula is C27H23Cl2FN4O4S. The van der Waals surface area contributed by atoms with Gasteiger partial charge in [-0.05, 0) is 53.6 Å². The summed E-state index contributed by atoms with van der Waals surface area (Å²) in [6, 6.07) is 19.2. The standard InChI is InChI=1S/C27H23Cl2FN4O4S/c1-39(36,37)34(23-13-19(12-22(30)14-23)27(35)31-25-10-11-38-32-25)24-15-33(16-24)26(17-2-6-20(28)7-3-17)18-4-8-21(29)9-5-18/h2-14,24,26H,15-16H2,1H3,(H,31,32,35). The number of hydrogen-bond donors (Lipinski definition) is 1. The van der Waals surface area contributed by atoms with Gasteiger partial charge in [0.2, 0.25) is 10.0 Å². The molecule has 39 heavy (non-hydrogen) atoms. The van der Waals surface area contributed by atoms with E-state index in [1.54, 1.807) is 24.3 Å². The van der Waals surface area contributed by atoms with E-state index in [-0.39, 0.29) is 23.1 Å². The third-order valence-corrected chi connectivity index (χ3v) is 8.12. The number of hydrogen-bond acceptors (Lipinski definition) is 6. The Morgan fingerprint density at radius 3 is 2.13 bits per heavy atom. The molecule has 3 aromatic carbocycles. The highest BCUT2D eigenvalue weighted by Gasteiger charge is 2.41. The van der Waals surface area contributed by atoms with Crippen LogP contribution in [0.15, 0.2) is 83.6 Å². The number of benzene rings is 3. The number of rotatable bonds is 8. The Hall–Kier alpha value is -3.44. The Morgan fingerprint density at radius 2 is 1.62 bits per heavy atom. The summed E-state index contributed by atoms with van der Waals surface area (Å²) >= 11 is 12.2. The summed E-state index contributed by atoms with van der Waals surface area (Å²) in [5.41, 5.74) is 1.95. The largest absolute Gasteiger partial charge is 0.363 e. The Bertz CT molecular complexity index is 1530. The zero-order valence-corrected chi connectivity index (χ0v) is 22.9. The number of halogens is 3. The molecule has 0 bridgehead atoms. The fourth-order valence-corrected chi connectivity index (χ4v) is 6.14. The average molecular weight is 589 g/mol. The SMILES string of the molecule is CS(=O)(=O)N(c1cc(F)cc(C(=O)Nc2ccon2)c1)C1CN(C(c2ccc(Cl)cc2)c2ccc(Cl)cc2)C1. The van der Waals surface area contributed by atoms with Crippen molar-refractivity contribution in [1.82, 2.24) is 10.1 Å². The lowest BCUT2D eigenvalue weighted by atomic mass is 9.93. The number of carbonyl (C=O) groups is 1. The van der Waals surface area contributed by atoms with E-state index in [2.05, 4.69) is 15.4 Å². The van der Waals surface area contributed by atoms with E-state index in [0.29, 0.717) is 23.1 Å². The molecule has 8 nitrogen and oxygen atoms in total. The number of carbonyl (C=O) groups excluding carboxylic acids is 1. The van der Waals surface area contributed by atoms with Crippen LogP contribution in [-0.4, -0.2) is 49.8 Å². The highest BCUT2D eigenvalue weighted by atomic mass is 35.5. The van der Waals surface area contributed by atoms with Crippen molar-refractivity contribution < 1.29 is 22.1 Å². The maximum Gasteiger partial charge on any atom is 0.257 e. The second-order valence-corrected chi connectivity index (χ2v) is 11.9. The van der Waals surface area contributed by atoms with Crippen LogP contribution in [-0.2, 0) is 10.0 Å². The first kappa shape index (κ1) is 27.1. The minimum Gasteiger partial charge on any atom is -0.363 e. The molecule has 0 spiro atoms. The van der Waals surface area contributed by atoms with Crippen LogP contribution in [0, 0.1) is 5.82 Å². The third-order valence-electron chi connectivity index (χ3n) is 6.39. The van der Waals surface area contributed by atoms with E-state index in [9.17, 15) is 17.6 Å². The first-order chi connectivity index (χ1) is 18.6. The molecule has 1 aliphatic heterocycles. The van der Waals surface area contributed by atoms with Gasteiger partial charge in [0.05, 0.1) is 24.0 Å². The number of amides is 1. The monoisotopic (exact) mass is 588 g/mol. The van der Waals surface area contributed by atoms with Crippen LogP contribution in [0.25, 0.3) is 0 Å². The van der Waals surface area contributed by atoms with Crippen molar-refractivity contribution in [2.24, 2.45) is 0 Å². The molecule has 1 saturated heterocycles. The average Bonchev–Trinajstić information content (AvgIpc) is 3.36. The molecule has 1 N–H and O–H groups in total. The van der Waals surface area contributed by atoms with Crippen LogP contribution in [0.3, 0.4) is 0 Å². The number of sulfonamides is 1. The molecule has 1 aliphatic rings. The zero-order valence-electron chi connectivity index (χ0n) is 20.6. The van der Waals surface area contributed by atoms with Gasteiger partial charge in [-0.15, -0.1) is 0 Å². The summed E-state index contributed by atoms with van der Waals surface area (Å²) < 4.78 is 46.4. The van der Waals surface area contributed by atoms with Gasteiger partial charge in [-0.2, -0.15) is 0 Å². The molecule has 1 fully saturated rings. The molecule has 0 aliphatic carbocycles. The molecule has 0 unspecified atom stereocenters. The number of aromatic nitrogens is 1. The van der Waals surface area contributed by atoms with Crippen molar-refractivity contribution in [1.29, 1.82) is 0 Å².